The van der Waals surface area contributed by atoms with Crippen molar-refractivity contribution in [2.75, 3.05) is 0 Å². The Labute approximate surface area is 155 Å². The minimum atomic E-state index is -0.584. The fraction of sp³-hybridized carbons (Fsp3) is 0.0500. The number of nitrogens with one attached hydrogen (secondary N) is 1. The monoisotopic (exact) mass is 366 g/mol. The number of hydrogen-bond acceptors (Lipinski definition) is 4. The van der Waals surface area contributed by atoms with Gasteiger partial charge in [-0.1, -0.05) is 54.1 Å². The Balaban J connectivity index is 1.94. The molecule has 0 aromatic heterocycles. The van der Waals surface area contributed by atoms with E-state index in [0.29, 0.717) is 10.7 Å². The molecule has 3 rings (SSSR count). The van der Waals surface area contributed by atoms with Crippen LogP contribution in [0.1, 0.15) is 18.1 Å². The number of esters is 1. The first-order valence-corrected chi connectivity index (χ1v) is 8.22. The van der Waals surface area contributed by atoms with Gasteiger partial charge in [-0.05, 0) is 35.4 Å². The molecule has 1 N–H and O–H groups in total. The van der Waals surface area contributed by atoms with E-state index in [9.17, 15) is 9.59 Å². The van der Waals surface area contributed by atoms with Gasteiger partial charge >= 0.3 is 5.97 Å². The van der Waals surface area contributed by atoms with Crippen molar-refractivity contribution in [1.29, 1.82) is 0 Å². The smallest absolute Gasteiger partial charge is 0.363 e. The van der Waals surface area contributed by atoms with Crippen LogP contribution in [0.25, 0.3) is 12.2 Å². The molecule has 1 amide bonds. The molecule has 0 aliphatic carbocycles. The summed E-state index contributed by atoms with van der Waals surface area (Å²) < 4.78 is 5.24. The summed E-state index contributed by atoms with van der Waals surface area (Å²) >= 11 is 5.86. The van der Waals surface area contributed by atoms with E-state index in [2.05, 4.69) is 10.3 Å². The molecule has 0 bridgehead atoms. The summed E-state index contributed by atoms with van der Waals surface area (Å²) in [6, 6.07) is 16.3. The number of carbonyl (C=O) groups is 2. The average Bonchev–Trinajstić information content (AvgIpc) is 2.98. The van der Waals surface area contributed by atoms with E-state index < -0.39 is 5.97 Å². The number of amides is 1. The van der Waals surface area contributed by atoms with Crippen molar-refractivity contribution in [2.45, 2.75) is 6.92 Å². The van der Waals surface area contributed by atoms with Crippen LogP contribution in [0.4, 0.5) is 0 Å². The summed E-state index contributed by atoms with van der Waals surface area (Å²) in [5.74, 6) is -0.824. The maximum atomic E-state index is 12.1. The number of halogens is 1. The largest absolute Gasteiger partial charge is 0.400 e. The fourth-order valence-electron chi connectivity index (χ4n) is 2.30. The molecule has 0 spiro atoms. The predicted octanol–water partition coefficient (Wildman–Crippen LogP) is 3.81. The van der Waals surface area contributed by atoms with E-state index in [4.69, 9.17) is 16.3 Å². The van der Waals surface area contributed by atoms with Gasteiger partial charge in [-0.2, -0.15) is 0 Å². The van der Waals surface area contributed by atoms with Crippen LogP contribution in [-0.4, -0.2) is 17.8 Å². The third-order valence-corrected chi connectivity index (χ3v) is 3.70. The van der Waals surface area contributed by atoms with Gasteiger partial charge in [0.05, 0.1) is 0 Å². The molecule has 2 aromatic rings. The maximum Gasteiger partial charge on any atom is 0.363 e. The second kappa shape index (κ2) is 7.80. The number of cyclic esters (lactones) is 1. The zero-order chi connectivity index (χ0) is 18.5. The van der Waals surface area contributed by atoms with Gasteiger partial charge in [0.15, 0.2) is 5.70 Å². The molecule has 2 aromatic carbocycles. The first-order chi connectivity index (χ1) is 12.5. The third kappa shape index (κ3) is 4.46. The zero-order valence-electron chi connectivity index (χ0n) is 13.9. The summed E-state index contributed by atoms with van der Waals surface area (Å²) in [5, 5.41) is 3.25. The van der Waals surface area contributed by atoms with Crippen LogP contribution in [0.5, 0.6) is 0 Å². The molecule has 5 nitrogen and oxygen atoms in total. The third-order valence-electron chi connectivity index (χ3n) is 3.45. The maximum absolute atomic E-state index is 12.1. The fourth-order valence-corrected chi connectivity index (χ4v) is 2.42. The van der Waals surface area contributed by atoms with Gasteiger partial charge in [-0.15, -0.1) is 0 Å². The Kier molecular flexibility index (Phi) is 5.29. The highest BCUT2D eigenvalue weighted by Gasteiger charge is 2.26. The lowest BCUT2D eigenvalue weighted by Crippen LogP contribution is -2.25. The molecular formula is C20H15ClN2O3. The molecule has 1 heterocycles. The molecule has 6 heteroatoms. The molecule has 26 heavy (non-hydrogen) atoms. The van der Waals surface area contributed by atoms with Crippen LogP contribution in [0.3, 0.4) is 0 Å². The SMILES string of the molecule is CC(=O)N/C(=C/c1ccccc1)C1=N/C(=C/c2ccc(Cl)cc2)C(=O)O1. The molecule has 1 aliphatic heterocycles. The topological polar surface area (TPSA) is 67.8 Å². The van der Waals surface area contributed by atoms with E-state index in [1.807, 2.05) is 30.3 Å². The normalized spacial score (nSPS) is 15.6. The lowest BCUT2D eigenvalue weighted by Gasteiger charge is -2.06. The second-order valence-corrected chi connectivity index (χ2v) is 5.97. The zero-order valence-corrected chi connectivity index (χ0v) is 14.7. The number of benzene rings is 2. The number of rotatable bonds is 4. The van der Waals surface area contributed by atoms with Gasteiger partial charge < -0.3 is 10.1 Å². The lowest BCUT2D eigenvalue weighted by molar-refractivity contribution is -0.130. The summed E-state index contributed by atoms with van der Waals surface area (Å²) in [5.41, 5.74) is 2.06. The van der Waals surface area contributed by atoms with Gasteiger partial charge in [-0.3, -0.25) is 4.79 Å². The van der Waals surface area contributed by atoms with Crippen molar-refractivity contribution in [3.8, 4) is 0 Å². The molecular weight excluding hydrogens is 352 g/mol. The summed E-state index contributed by atoms with van der Waals surface area (Å²) in [7, 11) is 0. The standard InChI is InChI=1S/C20H15ClN2O3/c1-13(24)22-17(11-14-5-3-2-4-6-14)19-23-18(20(25)26-19)12-15-7-9-16(21)10-8-15/h2-12H,1H3,(H,22,24)/b17-11+,18-12+. The van der Waals surface area contributed by atoms with Crippen molar-refractivity contribution in [3.05, 3.63) is 82.1 Å². The lowest BCUT2D eigenvalue weighted by atomic mass is 10.2. The van der Waals surface area contributed by atoms with E-state index in [1.54, 1.807) is 36.4 Å². The number of aliphatic imine (C=N–C) groups is 1. The highest BCUT2D eigenvalue weighted by atomic mass is 35.5. The summed E-state index contributed by atoms with van der Waals surface area (Å²) in [4.78, 5) is 27.9. The van der Waals surface area contributed by atoms with Crippen molar-refractivity contribution in [3.63, 3.8) is 0 Å². The van der Waals surface area contributed by atoms with Crippen molar-refractivity contribution >= 4 is 41.5 Å². The Morgan fingerprint density at radius 3 is 2.42 bits per heavy atom. The second-order valence-electron chi connectivity index (χ2n) is 5.54. The quantitative estimate of drug-likeness (QED) is 0.660. The molecule has 0 radical (unpaired) electrons. The Bertz CT molecular complexity index is 929. The number of nitrogens with zero attached hydrogens (tertiary/aromatic N) is 1. The molecule has 0 saturated carbocycles. The first kappa shape index (κ1) is 17.6. The van der Waals surface area contributed by atoms with Crippen LogP contribution < -0.4 is 5.32 Å². The van der Waals surface area contributed by atoms with Crippen molar-refractivity contribution in [2.24, 2.45) is 4.99 Å². The Hall–Kier alpha value is -3.18. The van der Waals surface area contributed by atoms with E-state index >= 15 is 0 Å². The van der Waals surface area contributed by atoms with Crippen molar-refractivity contribution in [1.82, 2.24) is 5.32 Å². The van der Waals surface area contributed by atoms with Crippen molar-refractivity contribution < 1.29 is 14.3 Å². The summed E-state index contributed by atoms with van der Waals surface area (Å²) in [6.45, 7) is 1.38. The van der Waals surface area contributed by atoms with Gasteiger partial charge in [0.2, 0.25) is 11.8 Å². The van der Waals surface area contributed by atoms with Crippen LogP contribution in [0.15, 0.2) is 71.0 Å². The van der Waals surface area contributed by atoms with E-state index in [-0.39, 0.29) is 17.5 Å². The minimum absolute atomic E-state index is 0.0502. The van der Waals surface area contributed by atoms with Gasteiger partial charge in [0.25, 0.3) is 0 Å². The number of hydrogen-bond donors (Lipinski definition) is 1. The highest BCUT2D eigenvalue weighted by Crippen LogP contribution is 2.20. The molecule has 0 unspecified atom stereocenters. The van der Waals surface area contributed by atoms with Crippen LogP contribution in [-0.2, 0) is 14.3 Å². The molecule has 130 valence electrons. The number of carbonyl (C=O) groups excluding carboxylic acids is 2. The Morgan fingerprint density at radius 2 is 1.77 bits per heavy atom. The molecule has 1 aliphatic rings. The van der Waals surface area contributed by atoms with E-state index in [0.717, 1.165) is 11.1 Å². The van der Waals surface area contributed by atoms with Gasteiger partial charge in [-0.25, -0.2) is 9.79 Å². The summed E-state index contributed by atoms with van der Waals surface area (Å²) in [6.07, 6.45) is 3.29. The van der Waals surface area contributed by atoms with Crippen LogP contribution in [0.2, 0.25) is 5.02 Å². The molecule has 0 atom stereocenters. The van der Waals surface area contributed by atoms with Gasteiger partial charge in [0.1, 0.15) is 5.70 Å². The molecule has 0 fully saturated rings. The number of ether oxygens (including phenoxy) is 1. The van der Waals surface area contributed by atoms with Crippen LogP contribution in [0, 0.1) is 0 Å². The van der Waals surface area contributed by atoms with Crippen LogP contribution >= 0.6 is 11.6 Å². The highest BCUT2D eigenvalue weighted by molar-refractivity contribution is 6.30. The minimum Gasteiger partial charge on any atom is -0.400 e. The van der Waals surface area contributed by atoms with Gasteiger partial charge in [0, 0.05) is 11.9 Å². The first-order valence-electron chi connectivity index (χ1n) is 7.84. The average molecular weight is 367 g/mol. The van der Waals surface area contributed by atoms with E-state index in [1.165, 1.54) is 6.92 Å². The predicted molar refractivity (Wildman–Crippen MR) is 101 cm³/mol. The molecule has 0 saturated heterocycles. The Morgan fingerprint density at radius 1 is 1.08 bits per heavy atom.